The Balaban J connectivity index is 1.40. The van der Waals surface area contributed by atoms with Gasteiger partial charge in [-0.1, -0.05) is 31.4 Å². The predicted octanol–water partition coefficient (Wildman–Crippen LogP) is 3.85. The van der Waals surface area contributed by atoms with Crippen LogP contribution in [0.2, 0.25) is 0 Å². The number of aromatic nitrogens is 2. The van der Waals surface area contributed by atoms with Gasteiger partial charge in [-0.2, -0.15) is 0 Å². The summed E-state index contributed by atoms with van der Waals surface area (Å²) in [7, 11) is 1.63. The van der Waals surface area contributed by atoms with Crippen LogP contribution < -0.4 is 15.4 Å². The zero-order valence-electron chi connectivity index (χ0n) is 22.8. The number of carbonyl (C=O) groups excluding carboxylic acids is 2. The average molecular weight is 526 g/mol. The van der Waals surface area contributed by atoms with E-state index in [2.05, 4.69) is 27.5 Å². The summed E-state index contributed by atoms with van der Waals surface area (Å²) in [6, 6.07) is 6.63. The number of imidazole rings is 1. The van der Waals surface area contributed by atoms with E-state index in [1.807, 2.05) is 29.2 Å². The highest BCUT2D eigenvalue weighted by molar-refractivity contribution is 5.87. The summed E-state index contributed by atoms with van der Waals surface area (Å²) >= 11 is 0. The Bertz CT molecular complexity index is 996. The summed E-state index contributed by atoms with van der Waals surface area (Å²) in [4.78, 5) is 35.5. The van der Waals surface area contributed by atoms with Crippen molar-refractivity contribution < 1.29 is 19.1 Å². The van der Waals surface area contributed by atoms with Gasteiger partial charge in [-0.3, -0.25) is 4.79 Å². The van der Waals surface area contributed by atoms with Gasteiger partial charge in [-0.15, -0.1) is 0 Å². The van der Waals surface area contributed by atoms with Crippen LogP contribution in [0.4, 0.5) is 4.79 Å². The molecule has 3 amide bonds. The molecule has 1 aromatic heterocycles. The maximum Gasteiger partial charge on any atom is 0.315 e. The van der Waals surface area contributed by atoms with E-state index in [0.717, 1.165) is 29.8 Å². The van der Waals surface area contributed by atoms with Gasteiger partial charge >= 0.3 is 6.03 Å². The van der Waals surface area contributed by atoms with Gasteiger partial charge in [0, 0.05) is 51.0 Å². The highest BCUT2D eigenvalue weighted by Crippen LogP contribution is 2.41. The third-order valence-electron chi connectivity index (χ3n) is 8.14. The van der Waals surface area contributed by atoms with Crippen molar-refractivity contribution in [1.82, 2.24) is 25.5 Å². The molecule has 1 aliphatic heterocycles. The predicted molar refractivity (Wildman–Crippen MR) is 146 cm³/mol. The van der Waals surface area contributed by atoms with Crippen molar-refractivity contribution in [2.75, 3.05) is 33.4 Å². The summed E-state index contributed by atoms with van der Waals surface area (Å²) in [6.07, 6.45) is 12.4. The topological polar surface area (TPSA) is 109 Å². The number of hydrogen-bond acceptors (Lipinski definition) is 5. The first-order chi connectivity index (χ1) is 18.5. The third-order valence-corrected chi connectivity index (χ3v) is 8.14. The first-order valence-electron chi connectivity index (χ1n) is 14.1. The Labute approximate surface area is 226 Å². The van der Waals surface area contributed by atoms with Crippen LogP contribution in [0.25, 0.3) is 0 Å². The number of methoxy groups -OCH3 is 1. The summed E-state index contributed by atoms with van der Waals surface area (Å²) in [5.41, 5.74) is 1.78. The van der Waals surface area contributed by atoms with Gasteiger partial charge in [0.15, 0.2) is 0 Å². The number of amides is 3. The van der Waals surface area contributed by atoms with Gasteiger partial charge in [0.2, 0.25) is 5.91 Å². The molecular weight excluding hydrogens is 482 g/mol. The molecule has 1 aliphatic carbocycles. The fraction of sp³-hybridized carbons (Fsp3) is 0.621. The molecule has 2 heterocycles. The second-order valence-electron chi connectivity index (χ2n) is 10.5. The van der Waals surface area contributed by atoms with E-state index in [0.29, 0.717) is 45.0 Å². The summed E-state index contributed by atoms with van der Waals surface area (Å²) < 4.78 is 11.7. The maximum absolute atomic E-state index is 13.8. The number of aromatic amines is 1. The molecule has 2 aliphatic rings. The number of hydrogen-bond donors (Lipinski definition) is 3. The van der Waals surface area contributed by atoms with Gasteiger partial charge in [0.25, 0.3) is 0 Å². The largest absolute Gasteiger partial charge is 0.497 e. The lowest BCUT2D eigenvalue weighted by Gasteiger charge is -2.48. The molecule has 1 atom stereocenters. The van der Waals surface area contributed by atoms with Gasteiger partial charge in [0.05, 0.1) is 19.0 Å². The van der Waals surface area contributed by atoms with Crippen LogP contribution in [-0.4, -0.2) is 71.8 Å². The number of ether oxygens (including phenoxy) is 2. The minimum atomic E-state index is -0.662. The second-order valence-corrected chi connectivity index (χ2v) is 10.5. The lowest BCUT2D eigenvalue weighted by Crippen LogP contribution is -2.57. The summed E-state index contributed by atoms with van der Waals surface area (Å²) in [5, 5.41) is 5.83. The number of benzene rings is 1. The number of nitrogens with zero attached hydrogens (tertiary/aromatic N) is 2. The molecule has 3 N–H and O–H groups in total. The fourth-order valence-electron chi connectivity index (χ4n) is 6.05. The molecule has 0 radical (unpaired) electrons. The molecule has 2 fully saturated rings. The molecule has 4 rings (SSSR count). The van der Waals surface area contributed by atoms with Crippen molar-refractivity contribution in [3.63, 3.8) is 0 Å². The van der Waals surface area contributed by atoms with Crippen molar-refractivity contribution in [3.8, 4) is 5.75 Å². The molecule has 9 nitrogen and oxygen atoms in total. The van der Waals surface area contributed by atoms with E-state index >= 15 is 0 Å². The van der Waals surface area contributed by atoms with Crippen molar-refractivity contribution in [2.24, 2.45) is 5.92 Å². The van der Waals surface area contributed by atoms with Crippen LogP contribution >= 0.6 is 0 Å². The second kappa shape index (κ2) is 13.6. The number of likely N-dealkylation sites (tertiary alicyclic amines) is 1. The smallest absolute Gasteiger partial charge is 0.315 e. The van der Waals surface area contributed by atoms with Gasteiger partial charge in [0.1, 0.15) is 11.8 Å². The lowest BCUT2D eigenvalue weighted by molar-refractivity contribution is -0.148. The zero-order chi connectivity index (χ0) is 26.8. The monoisotopic (exact) mass is 525 g/mol. The third kappa shape index (κ3) is 7.28. The quantitative estimate of drug-likeness (QED) is 0.413. The average Bonchev–Trinajstić information content (AvgIpc) is 3.47. The molecule has 2 aromatic rings. The Morgan fingerprint density at radius 1 is 1.16 bits per heavy atom. The Kier molecular flexibility index (Phi) is 10.0. The number of urea groups is 1. The van der Waals surface area contributed by atoms with Crippen molar-refractivity contribution in [3.05, 3.63) is 48.0 Å². The van der Waals surface area contributed by atoms with E-state index in [-0.39, 0.29) is 17.5 Å². The molecule has 9 heteroatoms. The number of nitrogens with one attached hydrogen (secondary N) is 3. The van der Waals surface area contributed by atoms with Gasteiger partial charge < -0.3 is 30.0 Å². The van der Waals surface area contributed by atoms with Gasteiger partial charge in [-0.05, 0) is 56.2 Å². The number of H-pyrrole nitrogens is 1. The molecule has 208 valence electrons. The van der Waals surface area contributed by atoms with Crippen LogP contribution in [0.5, 0.6) is 5.75 Å². The lowest BCUT2D eigenvalue weighted by atomic mass is 9.72. The molecule has 1 aromatic carbocycles. The van der Waals surface area contributed by atoms with E-state index < -0.39 is 6.04 Å². The highest BCUT2D eigenvalue weighted by atomic mass is 16.5. The Morgan fingerprint density at radius 3 is 2.53 bits per heavy atom. The Hall–Kier alpha value is -3.07. The molecule has 1 unspecified atom stereocenters. The van der Waals surface area contributed by atoms with Crippen LogP contribution in [0.15, 0.2) is 36.8 Å². The first-order valence-corrected chi connectivity index (χ1v) is 14.1. The molecular formula is C29H43N5O4. The van der Waals surface area contributed by atoms with Crippen LogP contribution in [0.1, 0.15) is 63.1 Å². The number of rotatable bonds is 11. The van der Waals surface area contributed by atoms with Crippen LogP contribution in [-0.2, 0) is 22.4 Å². The zero-order valence-corrected chi connectivity index (χ0v) is 22.8. The summed E-state index contributed by atoms with van der Waals surface area (Å²) in [6.45, 7) is 4.52. The molecule has 0 spiro atoms. The minimum absolute atomic E-state index is 0.0433. The number of carbonyl (C=O) groups is 2. The van der Waals surface area contributed by atoms with E-state index in [9.17, 15) is 9.59 Å². The van der Waals surface area contributed by atoms with E-state index in [4.69, 9.17) is 9.47 Å². The Morgan fingerprint density at radius 2 is 1.89 bits per heavy atom. The van der Waals surface area contributed by atoms with Crippen molar-refractivity contribution in [1.29, 1.82) is 0 Å². The van der Waals surface area contributed by atoms with E-state index in [1.54, 1.807) is 19.6 Å². The standard InChI is InChI=1S/C29H43N5O4/c1-3-38-29(23-7-5-4-6-8-23)14-17-34(18-15-29)27(35)26(19-22-9-11-25(37-2)12-10-22)33-28(36)31-16-13-24-20-30-21-32-24/h9-12,20-21,23,26H,3-8,13-19H2,1-2H3,(H,30,32)(H2,31,33,36). The van der Waals surface area contributed by atoms with Crippen molar-refractivity contribution >= 4 is 11.9 Å². The van der Waals surface area contributed by atoms with Crippen molar-refractivity contribution in [2.45, 2.75) is 76.4 Å². The maximum atomic E-state index is 13.8. The molecule has 1 saturated carbocycles. The van der Waals surface area contributed by atoms with Crippen LogP contribution in [0, 0.1) is 5.92 Å². The SMILES string of the molecule is CCOC1(C2CCCCC2)CCN(C(=O)C(Cc2ccc(OC)cc2)NC(=O)NCCc2cnc[nH]2)CC1. The first kappa shape index (κ1) is 28.0. The number of piperidine rings is 1. The fourth-order valence-corrected chi connectivity index (χ4v) is 6.05. The minimum Gasteiger partial charge on any atom is -0.497 e. The molecule has 38 heavy (non-hydrogen) atoms. The van der Waals surface area contributed by atoms with Gasteiger partial charge in [-0.25, -0.2) is 9.78 Å². The summed E-state index contributed by atoms with van der Waals surface area (Å²) in [5.74, 6) is 1.28. The van der Waals surface area contributed by atoms with Crippen LogP contribution in [0.3, 0.4) is 0 Å². The highest BCUT2D eigenvalue weighted by Gasteiger charge is 2.44. The van der Waals surface area contributed by atoms with E-state index in [1.165, 1.54) is 32.1 Å². The normalized spacial score (nSPS) is 18.5. The molecule has 0 bridgehead atoms. The molecule has 1 saturated heterocycles.